The summed E-state index contributed by atoms with van der Waals surface area (Å²) in [6.45, 7) is 0. The fourth-order valence-electron chi connectivity index (χ4n) is 64.7. The molecular formula is C84H84. The lowest BCUT2D eigenvalue weighted by molar-refractivity contribution is -0.327. The van der Waals surface area contributed by atoms with E-state index in [1.54, 1.807) is 0 Å². The topological polar surface area (TPSA) is 0 Å². The van der Waals surface area contributed by atoms with Crippen molar-refractivity contribution in [2.75, 3.05) is 0 Å². The third kappa shape index (κ3) is 2.12. The van der Waals surface area contributed by atoms with Crippen molar-refractivity contribution >= 4 is 0 Å². The molecule has 0 unspecified atom stereocenters. The zero-order valence-corrected chi connectivity index (χ0v) is 48.5. The van der Waals surface area contributed by atoms with Crippen molar-refractivity contribution in [3.63, 3.8) is 0 Å². The molecule has 0 spiro atoms. The molecule has 44 aliphatic rings. The van der Waals surface area contributed by atoms with E-state index in [0.717, 1.165) is 0 Å². The van der Waals surface area contributed by atoms with Crippen molar-refractivity contribution in [1.29, 1.82) is 0 Å². The lowest BCUT2D eigenvalue weighted by Crippen LogP contribution is -2.76. The minimum Gasteiger partial charge on any atom is -0.0312 e. The Kier molecular flexibility index (Phi) is 3.81. The van der Waals surface area contributed by atoms with Gasteiger partial charge in [0.15, 0.2) is 0 Å². The summed E-state index contributed by atoms with van der Waals surface area (Å²) in [7, 11) is 0. The Balaban J connectivity index is 0.769. The molecule has 44 rings (SSSR count). The highest BCUT2D eigenvalue weighted by Gasteiger charge is 3.05. The summed E-state index contributed by atoms with van der Waals surface area (Å²) in [6, 6.07) is 0. The molecule has 0 heterocycles. The largest absolute Gasteiger partial charge is 0.0312 e. The molecule has 0 N–H and O–H groups in total. The van der Waals surface area contributed by atoms with Crippen molar-refractivity contribution in [1.82, 2.24) is 0 Å². The van der Waals surface area contributed by atoms with Crippen LogP contribution in [0.5, 0.6) is 0 Å². The molecule has 0 aliphatic heterocycles. The SMILES string of the molecule is C12C3C4C5C6C7C8C9C%10C%11C%12C%13C%14C%15C%16C%17C%18C%19C%20C%21C%22C(C%23C1C1C%24C%25C%26C(C%27C%28C%29C(C%30C%31C%32C(C%33C%34C%35C(C%36C%37C%38C(C%39C%40C(C%24C%23C%21%39)C%25C%21C(C%26%28)C(C%29%31)C(C%32%34)C(C%37%35)C%21C%40%38)C%20C%17%36)C%16C%13%33)C%12C9%30)C8C5%27)C41)C2C1C(C36)C(C7%10)C(C%11%14)C(C%18%15)C1C%22%19. The highest BCUT2D eigenvalue weighted by Crippen LogP contribution is 3.08. The first-order chi connectivity index (χ1) is 42.0. The Morgan fingerprint density at radius 3 is 0.0476 bits per heavy atom. The van der Waals surface area contributed by atoms with Crippen molar-refractivity contribution in [3.8, 4) is 0 Å². The molecule has 0 bridgehead atoms. The van der Waals surface area contributed by atoms with Gasteiger partial charge in [-0.2, -0.15) is 0 Å². The summed E-state index contributed by atoms with van der Waals surface area (Å²) >= 11 is 0. The Labute approximate surface area is 494 Å². The minimum atomic E-state index is 1.33. The quantitative estimate of drug-likeness (QED) is 0.227. The molecule has 44 saturated carbocycles. The van der Waals surface area contributed by atoms with Crippen LogP contribution in [0.2, 0.25) is 0 Å². The lowest BCUT2D eigenvalue weighted by atomic mass is 9.25. The van der Waals surface area contributed by atoms with Crippen LogP contribution in [0.4, 0.5) is 0 Å². The summed E-state index contributed by atoms with van der Waals surface area (Å²) in [5.74, 6) is 112. The van der Waals surface area contributed by atoms with Crippen LogP contribution >= 0.6 is 0 Å². The Morgan fingerprint density at radius 2 is 0.0357 bits per heavy atom. The fraction of sp³-hybridized carbons (Fsp3) is 1.00. The van der Waals surface area contributed by atoms with Crippen LogP contribution < -0.4 is 0 Å². The molecule has 420 valence electrons. The molecule has 0 heteroatoms. The van der Waals surface area contributed by atoms with Crippen molar-refractivity contribution in [2.24, 2.45) is 497 Å². The molecule has 0 nitrogen and oxygen atoms in total. The molecule has 0 aromatic carbocycles. The van der Waals surface area contributed by atoms with Crippen molar-refractivity contribution < 1.29 is 0 Å². The lowest BCUT2D eigenvalue weighted by Gasteiger charge is -2.79. The Hall–Kier alpha value is 0. The minimum absolute atomic E-state index is 1.33. The van der Waals surface area contributed by atoms with E-state index in [4.69, 9.17) is 0 Å². The van der Waals surface area contributed by atoms with Gasteiger partial charge in [-0.1, -0.05) is 0 Å². The summed E-state index contributed by atoms with van der Waals surface area (Å²) in [5, 5.41) is 0. The summed E-state index contributed by atoms with van der Waals surface area (Å²) in [6.07, 6.45) is 0. The second kappa shape index (κ2) is 8.79. The number of rotatable bonds is 0. The Morgan fingerprint density at radius 1 is 0.0238 bits per heavy atom. The summed E-state index contributed by atoms with van der Waals surface area (Å²) in [4.78, 5) is 0. The van der Waals surface area contributed by atoms with Gasteiger partial charge < -0.3 is 0 Å². The number of hydrogen-bond acceptors (Lipinski definition) is 0. The van der Waals surface area contributed by atoms with Gasteiger partial charge in [-0.3, -0.25) is 0 Å². The van der Waals surface area contributed by atoms with Crippen molar-refractivity contribution in [2.45, 2.75) is 0 Å². The highest BCUT2D eigenvalue weighted by molar-refractivity contribution is 5.51. The summed E-state index contributed by atoms with van der Waals surface area (Å²) < 4.78 is 0. The first-order valence-corrected chi connectivity index (χ1v) is 42.0. The van der Waals surface area contributed by atoms with Gasteiger partial charge >= 0.3 is 0 Å². The van der Waals surface area contributed by atoms with Crippen LogP contribution in [0.3, 0.4) is 0 Å². The molecule has 84 heavy (non-hydrogen) atoms. The van der Waals surface area contributed by atoms with Crippen LogP contribution in [0.15, 0.2) is 0 Å². The molecule has 44 aliphatic carbocycles. The van der Waals surface area contributed by atoms with Crippen LogP contribution in [0.1, 0.15) is 0 Å². The predicted molar refractivity (Wildman–Crippen MR) is 293 cm³/mol. The van der Waals surface area contributed by atoms with E-state index in [1.165, 1.54) is 497 Å². The zero-order valence-electron chi connectivity index (χ0n) is 48.5. The van der Waals surface area contributed by atoms with E-state index in [0.29, 0.717) is 0 Å². The van der Waals surface area contributed by atoms with E-state index in [1.807, 2.05) is 0 Å². The predicted octanol–water partition coefficient (Wildman–Crippen LogP) is 10.3. The van der Waals surface area contributed by atoms with Gasteiger partial charge in [0.2, 0.25) is 0 Å². The Bertz CT molecular complexity index is 2900. The molecule has 0 atom stereocenters. The average Bonchev–Trinajstić information content (AvgIpc) is 1.40. The van der Waals surface area contributed by atoms with Gasteiger partial charge in [0.1, 0.15) is 0 Å². The first kappa shape index (κ1) is 36.4. The second-order valence-corrected chi connectivity index (χ2v) is 48.5. The third-order valence-corrected chi connectivity index (χ3v) is 56.0. The molecular weight excluding hydrogens is 1010 g/mol. The molecule has 44 fully saturated rings. The van der Waals surface area contributed by atoms with E-state index in [2.05, 4.69) is 0 Å². The monoisotopic (exact) mass is 1090 g/mol. The van der Waals surface area contributed by atoms with Crippen LogP contribution in [-0.4, -0.2) is 0 Å². The highest BCUT2D eigenvalue weighted by atomic mass is 15.1. The van der Waals surface area contributed by atoms with E-state index >= 15 is 0 Å². The van der Waals surface area contributed by atoms with E-state index in [-0.39, 0.29) is 0 Å². The molecule has 0 radical (unpaired) electrons. The standard InChI is InChI=1S/C84H84/c1-2-26-29-9-11-36-39-16-18-42-44-22-21-43-41-14-13-35-32-7-5(27-25(1)61(26)73-74(62(27)32)77(67(35)41)81(70(43)44)78(68(39)42)75(73)64(29)36)51-6-8-33-38-15(55(13)53(7)8)17-45-46-23(59(21)57(14)17)24-48-47-20(58(18)60(22)24)19-40-37-12(54(11)56(16)19)10-34-30-4(50(2)52(9)10)3(49(1)51)28-31(6)65(33)79-76(63(28)30)80(66(34)37)83(71(40)47)84(72(46)48)82(79)69(38)45/h1-84H. The zero-order chi connectivity index (χ0) is 48.5. The van der Waals surface area contributed by atoms with Gasteiger partial charge in [0.25, 0.3) is 0 Å². The molecule has 0 saturated heterocycles. The molecule has 0 aromatic rings. The number of hydrogen-bond donors (Lipinski definition) is 0. The third-order valence-electron chi connectivity index (χ3n) is 56.0. The second-order valence-electron chi connectivity index (χ2n) is 48.5. The van der Waals surface area contributed by atoms with Gasteiger partial charge in [-0.05, 0) is 497 Å². The maximum absolute atomic E-state index is 1.33. The van der Waals surface area contributed by atoms with Crippen LogP contribution in [-0.2, 0) is 0 Å². The van der Waals surface area contributed by atoms with Gasteiger partial charge in [0, 0.05) is 0 Å². The van der Waals surface area contributed by atoms with Gasteiger partial charge in [-0.15, -0.1) is 0 Å². The van der Waals surface area contributed by atoms with Gasteiger partial charge in [-0.25, -0.2) is 0 Å². The van der Waals surface area contributed by atoms with E-state index < -0.39 is 0 Å². The van der Waals surface area contributed by atoms with Crippen LogP contribution in [0.25, 0.3) is 0 Å². The molecule has 0 aromatic heterocycles. The summed E-state index contributed by atoms with van der Waals surface area (Å²) in [5.41, 5.74) is 0. The van der Waals surface area contributed by atoms with Gasteiger partial charge in [0.05, 0.1) is 0 Å². The fourth-order valence-corrected chi connectivity index (χ4v) is 64.7. The molecule has 0 amide bonds. The maximum atomic E-state index is 1.33. The normalized spacial score (nSPS) is 108. The van der Waals surface area contributed by atoms with Crippen LogP contribution in [0, 0.1) is 497 Å². The maximum Gasteiger partial charge on any atom is -0.0312 e. The average molecular weight is 1090 g/mol. The van der Waals surface area contributed by atoms with E-state index in [9.17, 15) is 0 Å². The smallest absolute Gasteiger partial charge is 0.0312 e. The van der Waals surface area contributed by atoms with Crippen molar-refractivity contribution in [3.05, 3.63) is 0 Å². The first-order valence-electron chi connectivity index (χ1n) is 42.0.